The maximum atomic E-state index is 13.8. The Labute approximate surface area is 191 Å². The summed E-state index contributed by atoms with van der Waals surface area (Å²) in [5.74, 6) is -2.60. The second-order valence-corrected chi connectivity index (χ2v) is 11.0. The Balaban J connectivity index is 1.57. The summed E-state index contributed by atoms with van der Waals surface area (Å²) >= 11 is 0. The molecule has 0 spiro atoms. The van der Waals surface area contributed by atoms with Crippen LogP contribution in [-0.4, -0.2) is 52.1 Å². The number of nitrogens with zero attached hydrogens (tertiary/aromatic N) is 1. The van der Waals surface area contributed by atoms with Crippen LogP contribution in [0, 0.1) is 5.82 Å². The van der Waals surface area contributed by atoms with E-state index in [2.05, 4.69) is 10.9 Å². The number of amides is 2. The SMILES string of the molecule is C[C@H](NS(=O)(=O)c1ccccc1F)C(=O)NNC(=O)c1ccc(S(=O)(=O)N2CCCC2)cc1. The Morgan fingerprint density at radius 1 is 0.939 bits per heavy atom. The fourth-order valence-electron chi connectivity index (χ4n) is 3.17. The number of nitrogens with one attached hydrogen (secondary N) is 3. The quantitative estimate of drug-likeness (QED) is 0.481. The Morgan fingerprint density at radius 2 is 1.55 bits per heavy atom. The van der Waals surface area contributed by atoms with Crippen molar-refractivity contribution in [3.05, 3.63) is 59.9 Å². The molecule has 2 aromatic rings. The molecule has 1 aliphatic heterocycles. The van der Waals surface area contributed by atoms with Crippen LogP contribution in [0.4, 0.5) is 4.39 Å². The van der Waals surface area contributed by atoms with Crippen LogP contribution in [0.25, 0.3) is 0 Å². The molecule has 1 saturated heterocycles. The smallest absolute Gasteiger partial charge is 0.269 e. The molecule has 10 nitrogen and oxygen atoms in total. The van der Waals surface area contributed by atoms with E-state index >= 15 is 0 Å². The van der Waals surface area contributed by atoms with E-state index in [0.29, 0.717) is 13.1 Å². The van der Waals surface area contributed by atoms with Gasteiger partial charge in [-0.1, -0.05) is 12.1 Å². The van der Waals surface area contributed by atoms with E-state index in [1.165, 1.54) is 47.6 Å². The standard InChI is InChI=1S/C20H23FN4O6S2/c1-14(24-32(28,29)18-7-3-2-6-17(18)21)19(26)22-23-20(27)15-8-10-16(11-9-15)33(30,31)25-12-4-5-13-25/h2-3,6-11,14,24H,4-5,12-13H2,1H3,(H,22,26)(H,23,27)/t14-/m0/s1. The highest BCUT2D eigenvalue weighted by atomic mass is 32.2. The van der Waals surface area contributed by atoms with Crippen molar-refractivity contribution in [1.82, 2.24) is 19.9 Å². The molecule has 178 valence electrons. The number of hydrogen-bond acceptors (Lipinski definition) is 6. The van der Waals surface area contributed by atoms with Gasteiger partial charge >= 0.3 is 0 Å². The molecular formula is C20H23FN4O6S2. The van der Waals surface area contributed by atoms with Crippen LogP contribution in [0.5, 0.6) is 0 Å². The third-order valence-corrected chi connectivity index (χ3v) is 8.46. The molecule has 1 aliphatic rings. The third-order valence-electron chi connectivity index (χ3n) is 4.97. The number of sulfonamides is 2. The topological polar surface area (TPSA) is 142 Å². The van der Waals surface area contributed by atoms with Crippen LogP contribution < -0.4 is 15.6 Å². The van der Waals surface area contributed by atoms with Crippen molar-refractivity contribution in [1.29, 1.82) is 0 Å². The van der Waals surface area contributed by atoms with Crippen LogP contribution in [-0.2, 0) is 24.8 Å². The Hall–Kier alpha value is -2.87. The zero-order valence-electron chi connectivity index (χ0n) is 17.6. The highest BCUT2D eigenvalue weighted by molar-refractivity contribution is 7.89. The summed E-state index contributed by atoms with van der Waals surface area (Å²) in [5, 5.41) is 0. The van der Waals surface area contributed by atoms with Crippen LogP contribution in [0.15, 0.2) is 58.3 Å². The van der Waals surface area contributed by atoms with Crippen molar-refractivity contribution in [2.45, 2.75) is 35.6 Å². The number of halogens is 1. The van der Waals surface area contributed by atoms with Crippen LogP contribution in [0.3, 0.4) is 0 Å². The van der Waals surface area contributed by atoms with Crippen molar-refractivity contribution in [3.8, 4) is 0 Å². The number of carbonyl (C=O) groups is 2. The third kappa shape index (κ3) is 5.74. The first-order chi connectivity index (χ1) is 15.5. The highest BCUT2D eigenvalue weighted by Gasteiger charge is 2.27. The Morgan fingerprint density at radius 3 is 2.15 bits per heavy atom. The molecular weight excluding hydrogens is 475 g/mol. The van der Waals surface area contributed by atoms with E-state index in [1.54, 1.807) is 0 Å². The average molecular weight is 499 g/mol. The monoisotopic (exact) mass is 498 g/mol. The predicted octanol–water partition coefficient (Wildman–Crippen LogP) is 0.738. The first-order valence-electron chi connectivity index (χ1n) is 9.99. The molecule has 0 radical (unpaired) electrons. The van der Waals surface area contributed by atoms with Gasteiger partial charge in [0.25, 0.3) is 11.8 Å². The maximum Gasteiger partial charge on any atom is 0.269 e. The summed E-state index contributed by atoms with van der Waals surface area (Å²) in [5.41, 5.74) is 4.27. The lowest BCUT2D eigenvalue weighted by Gasteiger charge is -2.16. The van der Waals surface area contributed by atoms with Crippen molar-refractivity contribution in [2.24, 2.45) is 0 Å². The minimum absolute atomic E-state index is 0.0566. The minimum atomic E-state index is -4.31. The molecule has 33 heavy (non-hydrogen) atoms. The van der Waals surface area contributed by atoms with E-state index in [1.807, 2.05) is 4.72 Å². The van der Waals surface area contributed by atoms with Crippen molar-refractivity contribution < 1.29 is 30.8 Å². The summed E-state index contributed by atoms with van der Waals surface area (Å²) < 4.78 is 66.8. The number of hydrazine groups is 1. The molecule has 0 bridgehead atoms. The van der Waals surface area contributed by atoms with Crippen molar-refractivity contribution >= 4 is 31.9 Å². The zero-order valence-corrected chi connectivity index (χ0v) is 19.2. The highest BCUT2D eigenvalue weighted by Crippen LogP contribution is 2.21. The lowest BCUT2D eigenvalue weighted by molar-refractivity contribution is -0.123. The van der Waals surface area contributed by atoms with Gasteiger partial charge in [0, 0.05) is 18.7 Å². The van der Waals surface area contributed by atoms with Crippen LogP contribution >= 0.6 is 0 Å². The summed E-state index contributed by atoms with van der Waals surface area (Å²) in [6.07, 6.45) is 1.60. The Kier molecular flexibility index (Phi) is 7.47. The molecule has 2 amide bonds. The minimum Gasteiger partial charge on any atom is -0.271 e. The van der Waals surface area contributed by atoms with Gasteiger partial charge in [-0.05, 0) is 56.2 Å². The first kappa shape index (κ1) is 24.8. The van der Waals surface area contributed by atoms with Gasteiger partial charge in [0.1, 0.15) is 10.7 Å². The zero-order chi connectivity index (χ0) is 24.2. The maximum absolute atomic E-state index is 13.8. The molecule has 1 atom stereocenters. The second-order valence-electron chi connectivity index (χ2n) is 7.35. The molecule has 1 heterocycles. The Bertz CT molecular complexity index is 1240. The number of carbonyl (C=O) groups excluding carboxylic acids is 2. The summed E-state index contributed by atoms with van der Waals surface area (Å²) in [7, 11) is -7.93. The van der Waals surface area contributed by atoms with E-state index in [-0.39, 0.29) is 10.5 Å². The van der Waals surface area contributed by atoms with Gasteiger partial charge in [0.2, 0.25) is 20.0 Å². The molecule has 13 heteroatoms. The average Bonchev–Trinajstić information content (AvgIpc) is 3.33. The van der Waals surface area contributed by atoms with E-state index in [9.17, 15) is 30.8 Å². The van der Waals surface area contributed by atoms with Crippen LogP contribution in [0.2, 0.25) is 0 Å². The molecule has 0 aliphatic carbocycles. The fraction of sp³-hybridized carbons (Fsp3) is 0.300. The second kappa shape index (κ2) is 9.95. The lowest BCUT2D eigenvalue weighted by Crippen LogP contribution is -2.51. The van der Waals surface area contributed by atoms with Gasteiger partial charge < -0.3 is 0 Å². The van der Waals surface area contributed by atoms with Crippen LogP contribution in [0.1, 0.15) is 30.1 Å². The summed E-state index contributed by atoms with van der Waals surface area (Å²) in [6.45, 7) is 2.13. The number of hydrogen-bond donors (Lipinski definition) is 3. The van der Waals surface area contributed by atoms with Gasteiger partial charge in [-0.15, -0.1) is 0 Å². The van der Waals surface area contributed by atoms with E-state index in [4.69, 9.17) is 0 Å². The molecule has 3 N–H and O–H groups in total. The van der Waals surface area contributed by atoms with Crippen molar-refractivity contribution in [3.63, 3.8) is 0 Å². The van der Waals surface area contributed by atoms with Gasteiger partial charge in [0.05, 0.1) is 10.9 Å². The van der Waals surface area contributed by atoms with Crippen molar-refractivity contribution in [2.75, 3.05) is 13.1 Å². The molecule has 0 saturated carbocycles. The van der Waals surface area contributed by atoms with Gasteiger partial charge in [-0.3, -0.25) is 20.4 Å². The lowest BCUT2D eigenvalue weighted by atomic mass is 10.2. The predicted molar refractivity (Wildman–Crippen MR) is 116 cm³/mol. The summed E-state index contributed by atoms with van der Waals surface area (Å²) in [6, 6.07) is 8.56. The molecule has 1 fully saturated rings. The largest absolute Gasteiger partial charge is 0.271 e. The molecule has 3 rings (SSSR count). The van der Waals surface area contributed by atoms with E-state index in [0.717, 1.165) is 25.0 Å². The molecule has 0 unspecified atom stereocenters. The number of rotatable bonds is 7. The first-order valence-corrected chi connectivity index (χ1v) is 12.9. The fourth-order valence-corrected chi connectivity index (χ4v) is 5.97. The number of benzene rings is 2. The molecule has 2 aromatic carbocycles. The van der Waals surface area contributed by atoms with Gasteiger partial charge in [-0.25, -0.2) is 21.2 Å². The molecule has 0 aromatic heterocycles. The van der Waals surface area contributed by atoms with E-state index < -0.39 is 48.6 Å². The van der Waals surface area contributed by atoms with Gasteiger partial charge in [-0.2, -0.15) is 9.03 Å². The normalized spacial score (nSPS) is 15.7. The summed E-state index contributed by atoms with van der Waals surface area (Å²) in [4.78, 5) is 23.9. The van der Waals surface area contributed by atoms with Gasteiger partial charge in [0.15, 0.2) is 0 Å².